The average Bonchev–Trinajstić information content (AvgIpc) is 3.03. The van der Waals surface area contributed by atoms with Gasteiger partial charge in [0.25, 0.3) is 0 Å². The van der Waals surface area contributed by atoms with E-state index in [9.17, 15) is 4.79 Å². The first kappa shape index (κ1) is 16.5. The van der Waals surface area contributed by atoms with Gasteiger partial charge in [-0.3, -0.25) is 4.79 Å². The second kappa shape index (κ2) is 7.96. The number of hydrogen-bond donors (Lipinski definition) is 2. The molecule has 2 fully saturated rings. The SMILES string of the molecule is NCC1CCCC1NC(=O)CC1CCC(c2ccccc2)CC1. The zero-order valence-electron chi connectivity index (χ0n) is 14.0. The van der Waals surface area contributed by atoms with E-state index in [1.807, 2.05) is 0 Å². The molecule has 0 heterocycles. The Balaban J connectivity index is 1.42. The van der Waals surface area contributed by atoms with Crippen molar-refractivity contribution in [1.82, 2.24) is 5.32 Å². The Hall–Kier alpha value is -1.35. The summed E-state index contributed by atoms with van der Waals surface area (Å²) in [5.74, 6) is 1.99. The zero-order chi connectivity index (χ0) is 16.1. The van der Waals surface area contributed by atoms with Crippen LogP contribution in [0.25, 0.3) is 0 Å². The van der Waals surface area contributed by atoms with Crippen LogP contribution in [0, 0.1) is 11.8 Å². The molecule has 23 heavy (non-hydrogen) atoms. The monoisotopic (exact) mass is 314 g/mol. The van der Waals surface area contributed by atoms with Gasteiger partial charge >= 0.3 is 0 Å². The fraction of sp³-hybridized carbons (Fsp3) is 0.650. The van der Waals surface area contributed by atoms with Gasteiger partial charge in [-0.1, -0.05) is 36.8 Å². The summed E-state index contributed by atoms with van der Waals surface area (Å²) < 4.78 is 0. The van der Waals surface area contributed by atoms with E-state index in [0.29, 0.717) is 36.8 Å². The lowest BCUT2D eigenvalue weighted by atomic mass is 9.77. The van der Waals surface area contributed by atoms with Gasteiger partial charge in [0.1, 0.15) is 0 Å². The number of benzene rings is 1. The minimum atomic E-state index is 0.249. The highest BCUT2D eigenvalue weighted by Gasteiger charge is 2.29. The fourth-order valence-electron chi connectivity index (χ4n) is 4.46. The van der Waals surface area contributed by atoms with Gasteiger partial charge in [-0.15, -0.1) is 0 Å². The first-order valence-corrected chi connectivity index (χ1v) is 9.30. The first-order chi connectivity index (χ1) is 11.3. The van der Waals surface area contributed by atoms with Crippen LogP contribution < -0.4 is 11.1 Å². The van der Waals surface area contributed by atoms with E-state index in [1.165, 1.54) is 44.1 Å². The standard InChI is InChI=1S/C20H30N2O/c21-14-18-7-4-8-19(18)22-20(23)13-15-9-11-17(12-10-15)16-5-2-1-3-6-16/h1-3,5-6,15,17-19H,4,7-14,21H2,(H,22,23). The van der Waals surface area contributed by atoms with Crippen molar-refractivity contribution in [2.45, 2.75) is 63.3 Å². The molecular formula is C20H30N2O. The first-order valence-electron chi connectivity index (χ1n) is 9.30. The molecule has 2 unspecified atom stereocenters. The molecule has 2 aliphatic rings. The predicted molar refractivity (Wildman–Crippen MR) is 94.1 cm³/mol. The Morgan fingerprint density at radius 1 is 1.04 bits per heavy atom. The number of hydrogen-bond acceptors (Lipinski definition) is 2. The van der Waals surface area contributed by atoms with E-state index in [4.69, 9.17) is 5.73 Å². The van der Waals surface area contributed by atoms with Gasteiger partial charge in [0.05, 0.1) is 0 Å². The number of carbonyl (C=O) groups excluding carboxylic acids is 1. The highest BCUT2D eigenvalue weighted by molar-refractivity contribution is 5.76. The molecule has 3 rings (SSSR count). The molecule has 0 aliphatic heterocycles. The van der Waals surface area contributed by atoms with E-state index in [1.54, 1.807) is 0 Å². The van der Waals surface area contributed by atoms with Crippen LogP contribution in [0.15, 0.2) is 30.3 Å². The van der Waals surface area contributed by atoms with Gasteiger partial charge in [-0.05, 0) is 68.4 Å². The van der Waals surface area contributed by atoms with Crippen molar-refractivity contribution < 1.29 is 4.79 Å². The molecule has 2 atom stereocenters. The van der Waals surface area contributed by atoms with Crippen molar-refractivity contribution >= 4 is 5.91 Å². The summed E-state index contributed by atoms with van der Waals surface area (Å²) in [5, 5.41) is 3.25. The topological polar surface area (TPSA) is 55.1 Å². The quantitative estimate of drug-likeness (QED) is 0.872. The largest absolute Gasteiger partial charge is 0.353 e. The molecule has 1 aromatic rings. The van der Waals surface area contributed by atoms with E-state index >= 15 is 0 Å². The summed E-state index contributed by atoms with van der Waals surface area (Å²) in [4.78, 5) is 12.3. The molecule has 1 aromatic carbocycles. The van der Waals surface area contributed by atoms with Crippen LogP contribution in [0.4, 0.5) is 0 Å². The lowest BCUT2D eigenvalue weighted by Gasteiger charge is -2.29. The van der Waals surface area contributed by atoms with Crippen LogP contribution in [-0.2, 0) is 4.79 Å². The third kappa shape index (κ3) is 4.35. The highest BCUT2D eigenvalue weighted by atomic mass is 16.1. The van der Waals surface area contributed by atoms with Crippen LogP contribution in [-0.4, -0.2) is 18.5 Å². The molecule has 2 saturated carbocycles. The van der Waals surface area contributed by atoms with Crippen LogP contribution in [0.5, 0.6) is 0 Å². The molecule has 0 radical (unpaired) electrons. The van der Waals surface area contributed by atoms with Crippen LogP contribution in [0.2, 0.25) is 0 Å². The number of nitrogens with two attached hydrogens (primary N) is 1. The summed E-state index contributed by atoms with van der Waals surface area (Å²) in [7, 11) is 0. The Labute approximate surface area is 140 Å². The fourth-order valence-corrected chi connectivity index (χ4v) is 4.46. The molecule has 3 heteroatoms. The molecule has 0 bridgehead atoms. The van der Waals surface area contributed by atoms with E-state index < -0.39 is 0 Å². The van der Waals surface area contributed by atoms with Gasteiger partial charge < -0.3 is 11.1 Å². The lowest BCUT2D eigenvalue weighted by Crippen LogP contribution is -2.40. The van der Waals surface area contributed by atoms with Crippen molar-refractivity contribution in [2.75, 3.05) is 6.54 Å². The molecule has 1 amide bonds. The summed E-state index contributed by atoms with van der Waals surface area (Å²) >= 11 is 0. The van der Waals surface area contributed by atoms with E-state index in [-0.39, 0.29) is 5.91 Å². The van der Waals surface area contributed by atoms with Crippen molar-refractivity contribution in [3.8, 4) is 0 Å². The third-order valence-electron chi connectivity index (χ3n) is 5.90. The van der Waals surface area contributed by atoms with Crippen LogP contribution in [0.1, 0.15) is 62.8 Å². The average molecular weight is 314 g/mol. The Bertz CT molecular complexity index is 494. The molecule has 0 aromatic heterocycles. The molecule has 0 saturated heterocycles. The highest BCUT2D eigenvalue weighted by Crippen LogP contribution is 2.37. The van der Waals surface area contributed by atoms with E-state index in [2.05, 4.69) is 35.6 Å². The molecule has 3 nitrogen and oxygen atoms in total. The minimum Gasteiger partial charge on any atom is -0.353 e. The Morgan fingerprint density at radius 3 is 2.48 bits per heavy atom. The van der Waals surface area contributed by atoms with Gasteiger partial charge in [0, 0.05) is 12.5 Å². The van der Waals surface area contributed by atoms with Crippen LogP contribution in [0.3, 0.4) is 0 Å². The summed E-state index contributed by atoms with van der Waals surface area (Å²) in [6, 6.07) is 11.1. The second-order valence-electron chi connectivity index (χ2n) is 7.43. The molecule has 2 aliphatic carbocycles. The van der Waals surface area contributed by atoms with E-state index in [0.717, 1.165) is 6.42 Å². The zero-order valence-corrected chi connectivity index (χ0v) is 14.0. The number of nitrogens with one attached hydrogen (secondary N) is 1. The Morgan fingerprint density at radius 2 is 1.78 bits per heavy atom. The second-order valence-corrected chi connectivity index (χ2v) is 7.43. The minimum absolute atomic E-state index is 0.249. The summed E-state index contributed by atoms with van der Waals surface area (Å²) in [5.41, 5.74) is 7.27. The van der Waals surface area contributed by atoms with Gasteiger partial charge in [-0.25, -0.2) is 0 Å². The Kier molecular flexibility index (Phi) is 5.71. The number of rotatable bonds is 5. The lowest BCUT2D eigenvalue weighted by molar-refractivity contribution is -0.123. The predicted octanol–water partition coefficient (Wildman–Crippen LogP) is 3.59. The number of amides is 1. The maximum absolute atomic E-state index is 12.3. The van der Waals surface area contributed by atoms with Gasteiger partial charge in [0.15, 0.2) is 0 Å². The smallest absolute Gasteiger partial charge is 0.220 e. The van der Waals surface area contributed by atoms with Gasteiger partial charge in [-0.2, -0.15) is 0 Å². The van der Waals surface area contributed by atoms with Crippen molar-refractivity contribution in [2.24, 2.45) is 17.6 Å². The molecule has 126 valence electrons. The number of carbonyl (C=O) groups is 1. The molecular weight excluding hydrogens is 284 g/mol. The maximum atomic E-state index is 12.3. The normalized spacial score (nSPS) is 31.0. The van der Waals surface area contributed by atoms with Crippen molar-refractivity contribution in [3.05, 3.63) is 35.9 Å². The van der Waals surface area contributed by atoms with Crippen molar-refractivity contribution in [1.29, 1.82) is 0 Å². The van der Waals surface area contributed by atoms with Gasteiger partial charge in [0.2, 0.25) is 5.91 Å². The third-order valence-corrected chi connectivity index (χ3v) is 5.90. The molecule has 3 N–H and O–H groups in total. The van der Waals surface area contributed by atoms with Crippen molar-refractivity contribution in [3.63, 3.8) is 0 Å². The summed E-state index contributed by atoms with van der Waals surface area (Å²) in [6.07, 6.45) is 8.98. The maximum Gasteiger partial charge on any atom is 0.220 e. The molecule has 0 spiro atoms. The van der Waals surface area contributed by atoms with Crippen LogP contribution >= 0.6 is 0 Å². The summed E-state index contributed by atoms with van der Waals surface area (Å²) in [6.45, 7) is 0.702.